The monoisotopic (exact) mass is 313 g/mol. The summed E-state index contributed by atoms with van der Waals surface area (Å²) in [5.41, 5.74) is 1.75. The smallest absolute Gasteiger partial charge is 0.224 e. The van der Waals surface area contributed by atoms with Crippen molar-refractivity contribution >= 4 is 23.2 Å². The van der Waals surface area contributed by atoms with E-state index < -0.39 is 0 Å². The van der Waals surface area contributed by atoms with Gasteiger partial charge in [0.15, 0.2) is 0 Å². The number of rotatable bonds is 0. The molecule has 4 aliphatic heterocycles. The number of anilines is 2. The van der Waals surface area contributed by atoms with Gasteiger partial charge in [-0.25, -0.2) is 0 Å². The van der Waals surface area contributed by atoms with Gasteiger partial charge in [-0.15, -0.1) is 0 Å². The van der Waals surface area contributed by atoms with Gasteiger partial charge >= 0.3 is 0 Å². The fourth-order valence-corrected chi connectivity index (χ4v) is 4.75. The Kier molecular flexibility index (Phi) is 3.41. The number of para-hydroxylation sites is 2. The fraction of sp³-hybridized carbons (Fsp3) is 0.556. The molecular weight excluding hydrogens is 290 g/mol. The van der Waals surface area contributed by atoms with Crippen LogP contribution in [0.2, 0.25) is 0 Å². The molecule has 0 radical (unpaired) electrons. The average molecular weight is 313 g/mol. The molecule has 0 spiro atoms. The highest BCUT2D eigenvalue weighted by Gasteiger charge is 2.49. The molecule has 2 amide bonds. The van der Waals surface area contributed by atoms with Crippen LogP contribution < -0.4 is 9.80 Å². The minimum Gasteiger partial charge on any atom is -0.309 e. The summed E-state index contributed by atoms with van der Waals surface area (Å²) in [6, 6.07) is 8.25. The third-order valence-electron chi connectivity index (χ3n) is 5.74. The summed E-state index contributed by atoms with van der Waals surface area (Å²) in [6.45, 7) is 6.11. The van der Waals surface area contributed by atoms with Gasteiger partial charge in [-0.3, -0.25) is 14.5 Å². The molecule has 2 atom stereocenters. The molecule has 5 rings (SSSR count). The summed E-state index contributed by atoms with van der Waals surface area (Å²) < 4.78 is 0. The van der Waals surface area contributed by atoms with Crippen LogP contribution in [0.1, 0.15) is 26.7 Å². The number of benzene rings is 1. The molecule has 5 heteroatoms. The van der Waals surface area contributed by atoms with Crippen LogP contribution in [0.25, 0.3) is 0 Å². The summed E-state index contributed by atoms with van der Waals surface area (Å²) in [5.74, 6) is 0.657. The number of carbonyl (C=O) groups excluding carboxylic acids is 2. The third-order valence-corrected chi connectivity index (χ3v) is 5.74. The van der Waals surface area contributed by atoms with Crippen molar-refractivity contribution in [3.8, 4) is 0 Å². The zero-order valence-corrected chi connectivity index (χ0v) is 13.7. The van der Waals surface area contributed by atoms with Crippen LogP contribution in [0, 0.1) is 5.92 Å². The molecule has 2 bridgehead atoms. The standard InChI is InChI=1S/C18H23N3O2/c1-12(22)20-11-17-18(14-7-9-19(17)10-8-14)21(13(2)23)16-6-4-3-5-15(16)20/h3-6,14,17-18H,7-11H2,1-2H3. The van der Waals surface area contributed by atoms with E-state index in [0.717, 1.165) is 37.3 Å². The Morgan fingerprint density at radius 2 is 1.65 bits per heavy atom. The zero-order valence-electron chi connectivity index (χ0n) is 13.7. The number of nitrogens with zero attached hydrogens (tertiary/aromatic N) is 3. The van der Waals surface area contributed by atoms with E-state index in [2.05, 4.69) is 4.90 Å². The Morgan fingerprint density at radius 3 is 2.26 bits per heavy atom. The van der Waals surface area contributed by atoms with Crippen molar-refractivity contribution in [3.63, 3.8) is 0 Å². The number of hydrogen-bond acceptors (Lipinski definition) is 3. The van der Waals surface area contributed by atoms with E-state index in [4.69, 9.17) is 0 Å². The Balaban J connectivity index is 1.89. The zero-order chi connectivity index (χ0) is 16.1. The molecule has 2 unspecified atom stereocenters. The van der Waals surface area contributed by atoms with E-state index in [-0.39, 0.29) is 23.9 Å². The summed E-state index contributed by atoms with van der Waals surface area (Å²) in [6.07, 6.45) is 2.29. The number of piperidine rings is 3. The predicted octanol–water partition coefficient (Wildman–Crippen LogP) is 1.87. The third kappa shape index (κ3) is 2.17. The highest BCUT2D eigenvalue weighted by Crippen LogP contribution is 2.43. The van der Waals surface area contributed by atoms with Gasteiger partial charge < -0.3 is 9.80 Å². The lowest BCUT2D eigenvalue weighted by Gasteiger charge is -2.53. The summed E-state index contributed by atoms with van der Waals surface area (Å²) in [5, 5.41) is 0. The maximum atomic E-state index is 12.5. The van der Waals surface area contributed by atoms with Gasteiger partial charge in [0.1, 0.15) is 0 Å². The summed E-state index contributed by atoms with van der Waals surface area (Å²) in [7, 11) is 0. The molecule has 0 aromatic heterocycles. The molecule has 0 saturated carbocycles. The molecule has 4 heterocycles. The molecular formula is C18H23N3O2. The Morgan fingerprint density at radius 1 is 1.00 bits per heavy atom. The summed E-state index contributed by atoms with van der Waals surface area (Å²) in [4.78, 5) is 31.1. The number of carbonyl (C=O) groups is 2. The van der Waals surface area contributed by atoms with Crippen molar-refractivity contribution in [2.45, 2.75) is 38.8 Å². The van der Waals surface area contributed by atoms with E-state index in [1.165, 1.54) is 0 Å². The molecule has 5 nitrogen and oxygen atoms in total. The lowest BCUT2D eigenvalue weighted by molar-refractivity contribution is -0.118. The van der Waals surface area contributed by atoms with Crippen LogP contribution in [-0.2, 0) is 9.59 Å². The number of amides is 2. The molecule has 3 fully saturated rings. The molecule has 0 N–H and O–H groups in total. The van der Waals surface area contributed by atoms with Gasteiger partial charge in [0, 0.05) is 26.4 Å². The van der Waals surface area contributed by atoms with Crippen LogP contribution in [0.5, 0.6) is 0 Å². The largest absolute Gasteiger partial charge is 0.309 e. The van der Waals surface area contributed by atoms with E-state index in [0.29, 0.717) is 12.5 Å². The van der Waals surface area contributed by atoms with Crippen molar-refractivity contribution in [2.24, 2.45) is 5.92 Å². The van der Waals surface area contributed by atoms with Crippen LogP contribution in [0.15, 0.2) is 24.3 Å². The maximum Gasteiger partial charge on any atom is 0.224 e. The first-order valence-corrected chi connectivity index (χ1v) is 8.49. The average Bonchev–Trinajstić information content (AvgIpc) is 2.71. The van der Waals surface area contributed by atoms with Crippen LogP contribution in [0.3, 0.4) is 0 Å². The number of hydrogen-bond donors (Lipinski definition) is 0. The Labute approximate surface area is 136 Å². The van der Waals surface area contributed by atoms with Gasteiger partial charge in [0.2, 0.25) is 11.8 Å². The second-order valence-electron chi connectivity index (χ2n) is 6.94. The molecule has 0 aliphatic carbocycles. The lowest BCUT2D eigenvalue weighted by Crippen LogP contribution is -2.66. The van der Waals surface area contributed by atoms with Crippen LogP contribution in [-0.4, -0.2) is 48.4 Å². The molecule has 23 heavy (non-hydrogen) atoms. The first kappa shape index (κ1) is 14.7. The molecule has 4 aliphatic rings. The number of fused-ring (bicyclic) bond motifs is 3. The van der Waals surface area contributed by atoms with E-state index in [9.17, 15) is 9.59 Å². The van der Waals surface area contributed by atoms with Crippen molar-refractivity contribution in [1.29, 1.82) is 0 Å². The van der Waals surface area contributed by atoms with Crippen molar-refractivity contribution in [3.05, 3.63) is 24.3 Å². The molecule has 3 saturated heterocycles. The highest BCUT2D eigenvalue weighted by molar-refractivity contribution is 6.02. The van der Waals surface area contributed by atoms with Crippen LogP contribution in [0.4, 0.5) is 11.4 Å². The summed E-state index contributed by atoms with van der Waals surface area (Å²) >= 11 is 0. The van der Waals surface area contributed by atoms with Crippen molar-refractivity contribution < 1.29 is 9.59 Å². The predicted molar refractivity (Wildman–Crippen MR) is 89.5 cm³/mol. The van der Waals surface area contributed by atoms with E-state index in [1.54, 1.807) is 13.8 Å². The minimum atomic E-state index is 0.0456. The van der Waals surface area contributed by atoms with Gasteiger partial charge in [0.25, 0.3) is 0 Å². The van der Waals surface area contributed by atoms with Crippen molar-refractivity contribution in [1.82, 2.24) is 4.90 Å². The normalized spacial score (nSPS) is 32.1. The minimum absolute atomic E-state index is 0.0456. The van der Waals surface area contributed by atoms with Crippen LogP contribution >= 0.6 is 0 Å². The maximum absolute atomic E-state index is 12.5. The quantitative estimate of drug-likeness (QED) is 0.734. The highest BCUT2D eigenvalue weighted by atomic mass is 16.2. The fourth-order valence-electron chi connectivity index (χ4n) is 4.75. The van der Waals surface area contributed by atoms with E-state index in [1.807, 2.05) is 34.1 Å². The van der Waals surface area contributed by atoms with E-state index >= 15 is 0 Å². The molecule has 1 aromatic carbocycles. The molecule has 1 aromatic rings. The first-order valence-electron chi connectivity index (χ1n) is 8.49. The van der Waals surface area contributed by atoms with Gasteiger partial charge in [-0.1, -0.05) is 12.1 Å². The SMILES string of the molecule is CC(=O)N1CC2C(C3CCN2CC3)N(C(C)=O)c2ccccc21. The van der Waals surface area contributed by atoms with Gasteiger partial charge in [-0.05, 0) is 44.0 Å². The second-order valence-corrected chi connectivity index (χ2v) is 6.94. The lowest BCUT2D eigenvalue weighted by atomic mass is 9.77. The Bertz CT molecular complexity index is 651. The van der Waals surface area contributed by atoms with Gasteiger partial charge in [0.05, 0.1) is 17.4 Å². The molecule has 122 valence electrons. The second kappa shape index (κ2) is 5.34. The topological polar surface area (TPSA) is 43.9 Å². The van der Waals surface area contributed by atoms with Gasteiger partial charge in [-0.2, -0.15) is 0 Å². The van der Waals surface area contributed by atoms with Crippen molar-refractivity contribution in [2.75, 3.05) is 29.4 Å². The first-order chi connectivity index (χ1) is 11.1. The Hall–Kier alpha value is -1.88.